The molecule has 0 unspecified atom stereocenters. The van der Waals surface area contributed by atoms with Crippen molar-refractivity contribution in [1.29, 1.82) is 0 Å². The zero-order valence-corrected chi connectivity index (χ0v) is 10.1. The molecule has 3 rings (SSSR count). The Morgan fingerprint density at radius 2 is 2.18 bits per heavy atom. The Bertz CT molecular complexity index is 748. The zero-order valence-electron chi connectivity index (χ0n) is 8.48. The average Bonchev–Trinajstić information content (AvgIpc) is 2.67. The molecule has 0 bridgehead atoms. The number of halogens is 1. The maximum Gasteiger partial charge on any atom is 0.373 e. The topological polar surface area (TPSA) is 63.3 Å². The van der Waals surface area contributed by atoms with Crippen molar-refractivity contribution in [3.63, 3.8) is 0 Å². The first-order chi connectivity index (χ1) is 8.18. The minimum atomic E-state index is -1.09. The van der Waals surface area contributed by atoms with E-state index in [1.54, 1.807) is 18.3 Å². The van der Waals surface area contributed by atoms with Crippen molar-refractivity contribution < 1.29 is 14.3 Å². The van der Waals surface area contributed by atoms with Crippen LogP contribution in [0, 0.1) is 0 Å². The van der Waals surface area contributed by atoms with Crippen molar-refractivity contribution in [2.75, 3.05) is 0 Å². The predicted molar refractivity (Wildman–Crippen MR) is 66.2 cm³/mol. The number of pyridine rings is 1. The lowest BCUT2D eigenvalue weighted by atomic mass is 10.1. The number of aromatic nitrogens is 1. The van der Waals surface area contributed by atoms with Crippen LogP contribution in [0.3, 0.4) is 0 Å². The molecule has 1 aromatic carbocycles. The number of carboxylic acid groups (broad SMARTS) is 1. The Hall–Kier alpha value is -1.88. The lowest BCUT2D eigenvalue weighted by Crippen LogP contribution is -1.93. The summed E-state index contributed by atoms with van der Waals surface area (Å²) in [6, 6.07) is 7.22. The van der Waals surface area contributed by atoms with Gasteiger partial charge < -0.3 is 9.52 Å². The number of rotatable bonds is 1. The Labute approximate surface area is 104 Å². The van der Waals surface area contributed by atoms with Crippen LogP contribution in [0.4, 0.5) is 0 Å². The van der Waals surface area contributed by atoms with Gasteiger partial charge in [-0.25, -0.2) is 4.79 Å². The van der Waals surface area contributed by atoms with Gasteiger partial charge in [0.25, 0.3) is 0 Å². The van der Waals surface area contributed by atoms with Gasteiger partial charge in [-0.1, -0.05) is 6.07 Å². The van der Waals surface area contributed by atoms with Crippen LogP contribution in [0.5, 0.6) is 0 Å². The van der Waals surface area contributed by atoms with Crippen LogP contribution in [-0.2, 0) is 0 Å². The SMILES string of the molecule is O=C(O)c1oc2ccc3ncccc3c2c1Br. The smallest absolute Gasteiger partial charge is 0.373 e. The fourth-order valence-electron chi connectivity index (χ4n) is 1.85. The molecule has 0 aliphatic heterocycles. The monoisotopic (exact) mass is 291 g/mol. The summed E-state index contributed by atoms with van der Waals surface area (Å²) in [6.07, 6.45) is 1.69. The second kappa shape index (κ2) is 3.56. The number of fused-ring (bicyclic) bond motifs is 3. The van der Waals surface area contributed by atoms with Gasteiger partial charge in [-0.05, 0) is 34.1 Å². The molecule has 17 heavy (non-hydrogen) atoms. The minimum Gasteiger partial charge on any atom is -0.475 e. The summed E-state index contributed by atoms with van der Waals surface area (Å²) < 4.78 is 5.75. The molecule has 0 aliphatic carbocycles. The van der Waals surface area contributed by atoms with E-state index < -0.39 is 5.97 Å². The number of hydrogen-bond acceptors (Lipinski definition) is 3. The highest BCUT2D eigenvalue weighted by Crippen LogP contribution is 2.35. The third-order valence-corrected chi connectivity index (χ3v) is 3.33. The molecular weight excluding hydrogens is 286 g/mol. The molecule has 0 fully saturated rings. The molecule has 0 aliphatic rings. The first-order valence-electron chi connectivity index (χ1n) is 4.87. The maximum atomic E-state index is 11.0. The average molecular weight is 292 g/mol. The zero-order chi connectivity index (χ0) is 12.0. The first-order valence-corrected chi connectivity index (χ1v) is 5.67. The molecule has 0 atom stereocenters. The first kappa shape index (κ1) is 10.3. The lowest BCUT2D eigenvalue weighted by molar-refractivity contribution is 0.0663. The molecule has 0 radical (unpaired) electrons. The molecule has 2 aromatic heterocycles. The van der Waals surface area contributed by atoms with Crippen LogP contribution in [0.15, 0.2) is 39.4 Å². The highest BCUT2D eigenvalue weighted by atomic mass is 79.9. The molecule has 0 saturated heterocycles. The van der Waals surface area contributed by atoms with E-state index in [2.05, 4.69) is 20.9 Å². The molecular formula is C12H6BrNO3. The fourth-order valence-corrected chi connectivity index (χ4v) is 2.51. The van der Waals surface area contributed by atoms with Crippen molar-refractivity contribution in [1.82, 2.24) is 4.98 Å². The molecule has 5 heteroatoms. The third-order valence-electron chi connectivity index (χ3n) is 2.57. The molecule has 1 N–H and O–H groups in total. The molecule has 4 nitrogen and oxygen atoms in total. The third kappa shape index (κ3) is 1.43. The normalized spacial score (nSPS) is 11.1. The van der Waals surface area contributed by atoms with E-state index >= 15 is 0 Å². The number of aromatic carboxylic acids is 1. The molecule has 0 amide bonds. The lowest BCUT2D eigenvalue weighted by Gasteiger charge is -1.97. The summed E-state index contributed by atoms with van der Waals surface area (Å²) in [6.45, 7) is 0. The van der Waals surface area contributed by atoms with Crippen molar-refractivity contribution in [3.8, 4) is 0 Å². The van der Waals surface area contributed by atoms with E-state index in [1.807, 2.05) is 12.1 Å². The quantitative estimate of drug-likeness (QED) is 0.746. The maximum absolute atomic E-state index is 11.0. The minimum absolute atomic E-state index is 0.0867. The largest absolute Gasteiger partial charge is 0.475 e. The van der Waals surface area contributed by atoms with E-state index in [0.717, 1.165) is 16.3 Å². The molecule has 84 valence electrons. The van der Waals surface area contributed by atoms with Gasteiger partial charge in [0, 0.05) is 17.0 Å². The highest BCUT2D eigenvalue weighted by Gasteiger charge is 2.19. The molecule has 0 spiro atoms. The fraction of sp³-hybridized carbons (Fsp3) is 0. The van der Waals surface area contributed by atoms with E-state index in [4.69, 9.17) is 9.52 Å². The number of carbonyl (C=O) groups is 1. The van der Waals surface area contributed by atoms with Crippen molar-refractivity contribution in [3.05, 3.63) is 40.7 Å². The molecule has 2 heterocycles. The van der Waals surface area contributed by atoms with Gasteiger partial charge in [0.1, 0.15) is 5.58 Å². The van der Waals surface area contributed by atoms with Gasteiger partial charge in [-0.2, -0.15) is 0 Å². The van der Waals surface area contributed by atoms with E-state index in [9.17, 15) is 4.79 Å². The Balaban J connectivity index is 2.53. The van der Waals surface area contributed by atoms with E-state index in [0.29, 0.717) is 10.1 Å². The standard InChI is InChI=1S/C12H6BrNO3/c13-10-9-6-2-1-5-14-7(6)3-4-8(9)17-11(10)12(15)16/h1-5H,(H,15,16). The number of benzene rings is 1. The summed E-state index contributed by atoms with van der Waals surface area (Å²) >= 11 is 3.27. The summed E-state index contributed by atoms with van der Waals surface area (Å²) in [5, 5.41) is 10.6. The second-order valence-electron chi connectivity index (χ2n) is 3.56. The van der Waals surface area contributed by atoms with Gasteiger partial charge in [0.2, 0.25) is 5.76 Å². The van der Waals surface area contributed by atoms with Crippen molar-refractivity contribution in [2.24, 2.45) is 0 Å². The van der Waals surface area contributed by atoms with Crippen LogP contribution in [0.1, 0.15) is 10.6 Å². The number of carboxylic acids is 1. The summed E-state index contributed by atoms with van der Waals surface area (Å²) in [5.41, 5.74) is 1.34. The Morgan fingerprint density at radius 1 is 1.35 bits per heavy atom. The molecule has 0 saturated carbocycles. The van der Waals surface area contributed by atoms with Gasteiger partial charge in [0.05, 0.1) is 9.99 Å². The van der Waals surface area contributed by atoms with Gasteiger partial charge in [0.15, 0.2) is 0 Å². The van der Waals surface area contributed by atoms with E-state index in [-0.39, 0.29) is 5.76 Å². The van der Waals surface area contributed by atoms with Crippen molar-refractivity contribution >= 4 is 43.8 Å². The summed E-state index contributed by atoms with van der Waals surface area (Å²) in [7, 11) is 0. The number of furan rings is 1. The van der Waals surface area contributed by atoms with Crippen LogP contribution in [0.25, 0.3) is 21.9 Å². The number of nitrogens with zero attached hydrogens (tertiary/aromatic N) is 1. The summed E-state index contributed by atoms with van der Waals surface area (Å²) in [4.78, 5) is 15.2. The van der Waals surface area contributed by atoms with Gasteiger partial charge >= 0.3 is 5.97 Å². The van der Waals surface area contributed by atoms with Crippen LogP contribution in [-0.4, -0.2) is 16.1 Å². The van der Waals surface area contributed by atoms with Crippen molar-refractivity contribution in [2.45, 2.75) is 0 Å². The Kier molecular flexibility index (Phi) is 2.16. The van der Waals surface area contributed by atoms with Crippen LogP contribution in [0.2, 0.25) is 0 Å². The van der Waals surface area contributed by atoms with Gasteiger partial charge in [-0.15, -0.1) is 0 Å². The Morgan fingerprint density at radius 3 is 2.94 bits per heavy atom. The summed E-state index contributed by atoms with van der Waals surface area (Å²) in [5.74, 6) is -1.18. The van der Waals surface area contributed by atoms with Crippen LogP contribution < -0.4 is 0 Å². The van der Waals surface area contributed by atoms with E-state index in [1.165, 1.54) is 0 Å². The van der Waals surface area contributed by atoms with Gasteiger partial charge in [-0.3, -0.25) is 4.98 Å². The number of hydrogen-bond donors (Lipinski definition) is 1. The van der Waals surface area contributed by atoms with Crippen LogP contribution >= 0.6 is 15.9 Å². The predicted octanol–water partition coefficient (Wildman–Crippen LogP) is 3.44. The molecule has 3 aromatic rings. The highest BCUT2D eigenvalue weighted by molar-refractivity contribution is 9.10. The second-order valence-corrected chi connectivity index (χ2v) is 4.35.